The Balaban J connectivity index is 2.37. The van der Waals surface area contributed by atoms with E-state index in [1.807, 2.05) is 25.1 Å². The van der Waals surface area contributed by atoms with Crippen LogP contribution in [0.15, 0.2) is 18.2 Å². The molecule has 2 rings (SSSR count). The van der Waals surface area contributed by atoms with Crippen molar-refractivity contribution in [3.05, 3.63) is 29.3 Å². The van der Waals surface area contributed by atoms with Crippen molar-refractivity contribution < 1.29 is 14.6 Å². The van der Waals surface area contributed by atoms with Crippen LogP contribution >= 0.6 is 0 Å². The van der Waals surface area contributed by atoms with Gasteiger partial charge in [0.1, 0.15) is 6.61 Å². The molecule has 4 heteroatoms. The van der Waals surface area contributed by atoms with Gasteiger partial charge in [-0.3, -0.25) is 4.79 Å². The minimum Gasteiger partial charge on any atom is -0.394 e. The van der Waals surface area contributed by atoms with Crippen molar-refractivity contribution in [2.75, 3.05) is 24.7 Å². The number of para-hydroxylation sites is 1. The Morgan fingerprint density at radius 3 is 2.94 bits per heavy atom. The molecule has 1 saturated heterocycles. The number of amides is 1. The Bertz CT molecular complexity index is 445. The molecule has 1 aliphatic heterocycles. The first-order valence-corrected chi connectivity index (χ1v) is 6.28. The van der Waals surface area contributed by atoms with E-state index in [9.17, 15) is 9.90 Å². The molecule has 0 saturated carbocycles. The first-order chi connectivity index (χ1) is 8.67. The van der Waals surface area contributed by atoms with Gasteiger partial charge in [-0.1, -0.05) is 25.1 Å². The van der Waals surface area contributed by atoms with Crippen LogP contribution in [0.4, 0.5) is 5.69 Å². The van der Waals surface area contributed by atoms with E-state index >= 15 is 0 Å². The van der Waals surface area contributed by atoms with Gasteiger partial charge < -0.3 is 14.7 Å². The summed E-state index contributed by atoms with van der Waals surface area (Å²) >= 11 is 0. The molecule has 1 unspecified atom stereocenters. The molecule has 0 bridgehead atoms. The maximum Gasteiger partial charge on any atom is 0.253 e. The second kappa shape index (κ2) is 5.50. The average molecular weight is 249 g/mol. The van der Waals surface area contributed by atoms with Crippen LogP contribution in [0.2, 0.25) is 0 Å². The third-order valence-corrected chi connectivity index (χ3v) is 3.31. The van der Waals surface area contributed by atoms with Gasteiger partial charge in [0.05, 0.1) is 19.3 Å². The summed E-state index contributed by atoms with van der Waals surface area (Å²) in [6.07, 6.45) is 0.595. The van der Waals surface area contributed by atoms with Crippen LogP contribution in [-0.4, -0.2) is 36.9 Å². The maximum absolute atomic E-state index is 12.0. The largest absolute Gasteiger partial charge is 0.394 e. The summed E-state index contributed by atoms with van der Waals surface area (Å²) in [5, 5.41) is 9.17. The lowest BCUT2D eigenvalue weighted by molar-refractivity contribution is -0.130. The number of carbonyl (C=O) groups excluding carboxylic acids is 1. The lowest BCUT2D eigenvalue weighted by Gasteiger charge is -2.34. The van der Waals surface area contributed by atoms with Crippen molar-refractivity contribution in [2.24, 2.45) is 0 Å². The van der Waals surface area contributed by atoms with Gasteiger partial charge >= 0.3 is 0 Å². The molecule has 98 valence electrons. The van der Waals surface area contributed by atoms with Gasteiger partial charge in [0.2, 0.25) is 0 Å². The zero-order valence-electron chi connectivity index (χ0n) is 10.8. The van der Waals surface area contributed by atoms with Crippen LogP contribution in [0.3, 0.4) is 0 Å². The van der Waals surface area contributed by atoms with Crippen LogP contribution in [0.25, 0.3) is 0 Å². The van der Waals surface area contributed by atoms with Gasteiger partial charge in [0.15, 0.2) is 0 Å². The highest BCUT2D eigenvalue weighted by Gasteiger charge is 2.28. The number of hydrogen-bond acceptors (Lipinski definition) is 3. The number of ether oxygens (including phenoxy) is 1. The third-order valence-electron chi connectivity index (χ3n) is 3.31. The summed E-state index contributed by atoms with van der Waals surface area (Å²) in [6, 6.07) is 6.05. The van der Waals surface area contributed by atoms with Gasteiger partial charge in [-0.2, -0.15) is 0 Å². The van der Waals surface area contributed by atoms with E-state index in [1.54, 1.807) is 4.90 Å². The highest BCUT2D eigenvalue weighted by Crippen LogP contribution is 2.27. The van der Waals surface area contributed by atoms with E-state index in [0.717, 1.165) is 23.2 Å². The van der Waals surface area contributed by atoms with E-state index < -0.39 is 0 Å². The van der Waals surface area contributed by atoms with Crippen molar-refractivity contribution >= 4 is 11.6 Å². The Kier molecular flexibility index (Phi) is 3.99. The molecule has 4 nitrogen and oxygen atoms in total. The van der Waals surface area contributed by atoms with Crippen molar-refractivity contribution in [1.29, 1.82) is 0 Å². The number of hydrogen-bond donors (Lipinski definition) is 1. The summed E-state index contributed by atoms with van der Waals surface area (Å²) < 4.78 is 5.26. The second-order valence-electron chi connectivity index (χ2n) is 4.56. The number of aryl methyl sites for hydroxylation is 2. The van der Waals surface area contributed by atoms with Gasteiger partial charge in [0.25, 0.3) is 5.91 Å². The maximum atomic E-state index is 12.0. The smallest absolute Gasteiger partial charge is 0.253 e. The van der Waals surface area contributed by atoms with Crippen molar-refractivity contribution in [2.45, 2.75) is 26.4 Å². The highest BCUT2D eigenvalue weighted by atomic mass is 16.5. The van der Waals surface area contributed by atoms with Crippen LogP contribution in [0.1, 0.15) is 18.1 Å². The summed E-state index contributed by atoms with van der Waals surface area (Å²) in [6.45, 7) is 4.49. The summed E-state index contributed by atoms with van der Waals surface area (Å²) in [4.78, 5) is 13.7. The first-order valence-electron chi connectivity index (χ1n) is 6.28. The van der Waals surface area contributed by atoms with Crippen LogP contribution < -0.4 is 4.90 Å². The predicted molar refractivity (Wildman–Crippen MR) is 69.7 cm³/mol. The van der Waals surface area contributed by atoms with Gasteiger partial charge in [-0.25, -0.2) is 0 Å². The molecule has 1 aromatic carbocycles. The van der Waals surface area contributed by atoms with Crippen LogP contribution in [-0.2, 0) is 16.0 Å². The van der Waals surface area contributed by atoms with Crippen LogP contribution in [0.5, 0.6) is 0 Å². The van der Waals surface area contributed by atoms with Crippen molar-refractivity contribution in [3.63, 3.8) is 0 Å². The molecular weight excluding hydrogens is 230 g/mol. The van der Waals surface area contributed by atoms with E-state index in [2.05, 4.69) is 6.92 Å². The quantitative estimate of drug-likeness (QED) is 0.878. The van der Waals surface area contributed by atoms with Crippen molar-refractivity contribution in [1.82, 2.24) is 0 Å². The minimum absolute atomic E-state index is 0.0382. The van der Waals surface area contributed by atoms with Gasteiger partial charge in [-0.05, 0) is 24.5 Å². The molecule has 1 heterocycles. The lowest BCUT2D eigenvalue weighted by atomic mass is 10.0. The highest BCUT2D eigenvalue weighted by molar-refractivity contribution is 5.96. The molecule has 0 aliphatic carbocycles. The average Bonchev–Trinajstić information content (AvgIpc) is 2.39. The van der Waals surface area contributed by atoms with Crippen molar-refractivity contribution in [3.8, 4) is 0 Å². The number of morpholine rings is 1. The Hall–Kier alpha value is -1.39. The Labute approximate surface area is 107 Å². The fourth-order valence-electron chi connectivity index (χ4n) is 2.34. The summed E-state index contributed by atoms with van der Waals surface area (Å²) in [5.41, 5.74) is 3.22. The molecule has 1 aromatic rings. The Morgan fingerprint density at radius 2 is 2.28 bits per heavy atom. The number of nitrogens with zero attached hydrogens (tertiary/aromatic N) is 1. The third kappa shape index (κ3) is 2.40. The molecule has 1 amide bonds. The molecule has 1 atom stereocenters. The zero-order valence-corrected chi connectivity index (χ0v) is 10.8. The summed E-state index contributed by atoms with van der Waals surface area (Å²) in [7, 11) is 0. The SMILES string of the molecule is CCc1cccc(C)c1N1CC(CO)OCC1=O. The number of rotatable bonds is 3. The molecule has 1 aliphatic rings. The second-order valence-corrected chi connectivity index (χ2v) is 4.56. The van der Waals surface area contributed by atoms with Gasteiger partial charge in [-0.15, -0.1) is 0 Å². The standard InChI is InChI=1S/C14H19NO3/c1-3-11-6-4-5-10(2)14(11)15-7-12(8-16)18-9-13(15)17/h4-6,12,16H,3,7-9H2,1-2H3. The number of benzene rings is 1. The van der Waals surface area contributed by atoms with E-state index in [4.69, 9.17) is 4.74 Å². The molecule has 0 spiro atoms. The Morgan fingerprint density at radius 1 is 1.50 bits per heavy atom. The fourth-order valence-corrected chi connectivity index (χ4v) is 2.34. The molecule has 0 radical (unpaired) electrons. The van der Waals surface area contributed by atoms with E-state index in [-0.39, 0.29) is 25.2 Å². The fraction of sp³-hybridized carbons (Fsp3) is 0.500. The normalized spacial score (nSPS) is 20.3. The predicted octanol–water partition coefficient (Wildman–Crippen LogP) is 1.28. The number of anilines is 1. The molecule has 18 heavy (non-hydrogen) atoms. The number of carbonyl (C=O) groups is 1. The van der Waals surface area contributed by atoms with Gasteiger partial charge in [0, 0.05) is 5.69 Å². The van der Waals surface area contributed by atoms with E-state index in [1.165, 1.54) is 0 Å². The monoisotopic (exact) mass is 249 g/mol. The topological polar surface area (TPSA) is 49.8 Å². The first kappa shape index (κ1) is 13.1. The van der Waals surface area contributed by atoms with Crippen LogP contribution in [0, 0.1) is 6.92 Å². The summed E-state index contributed by atoms with van der Waals surface area (Å²) in [5.74, 6) is -0.0382. The molecule has 0 aromatic heterocycles. The lowest BCUT2D eigenvalue weighted by Crippen LogP contribution is -2.48. The molecular formula is C14H19NO3. The van der Waals surface area contributed by atoms with E-state index in [0.29, 0.717) is 6.54 Å². The molecule has 1 N–H and O–H groups in total. The zero-order chi connectivity index (χ0) is 13.1. The number of aliphatic hydroxyl groups excluding tert-OH is 1. The minimum atomic E-state index is -0.285. The molecule has 1 fully saturated rings. The number of aliphatic hydroxyl groups is 1.